The highest BCUT2D eigenvalue weighted by molar-refractivity contribution is 7.99. The van der Waals surface area contributed by atoms with Gasteiger partial charge in [-0.25, -0.2) is 9.78 Å². The molecule has 140 valence electrons. The number of aromatic nitrogens is 1. The highest BCUT2D eigenvalue weighted by Gasteiger charge is 2.48. The maximum atomic E-state index is 12.7. The summed E-state index contributed by atoms with van der Waals surface area (Å²) >= 11 is 1.23. The van der Waals surface area contributed by atoms with Gasteiger partial charge in [0.1, 0.15) is 5.54 Å². The molecule has 0 aliphatic carbocycles. The van der Waals surface area contributed by atoms with Gasteiger partial charge in [0.05, 0.1) is 10.8 Å². The molecule has 1 aliphatic rings. The summed E-state index contributed by atoms with van der Waals surface area (Å²) in [6.45, 7) is 1.67. The number of urea groups is 1. The molecule has 2 N–H and O–H groups in total. The summed E-state index contributed by atoms with van der Waals surface area (Å²) in [5.74, 6) is -0.851. The molecule has 0 spiro atoms. The summed E-state index contributed by atoms with van der Waals surface area (Å²) in [5, 5.41) is 4.15. The number of nitrogens with one attached hydrogen (secondary N) is 2. The molecule has 1 aromatic heterocycles. The normalized spacial score (nSPS) is 19.1. The number of carbonyl (C=O) groups excluding carboxylic acids is 3. The van der Waals surface area contributed by atoms with E-state index in [1.807, 2.05) is 36.4 Å². The monoisotopic (exact) mass is 384 g/mol. The van der Waals surface area contributed by atoms with Crippen molar-refractivity contribution in [3.8, 4) is 0 Å². The SMILES string of the molecule is C[C@]1(CCc2ccccc2)NC(=O)N(NC(=O)CSc2ccccn2)C1=O. The lowest BCUT2D eigenvalue weighted by atomic mass is 9.93. The topological polar surface area (TPSA) is 91.4 Å². The molecule has 1 saturated heterocycles. The Morgan fingerprint density at radius 2 is 1.93 bits per heavy atom. The summed E-state index contributed by atoms with van der Waals surface area (Å²) in [6.07, 6.45) is 2.72. The predicted molar refractivity (Wildman–Crippen MR) is 102 cm³/mol. The smallest absolute Gasteiger partial charge is 0.322 e. The first-order valence-corrected chi connectivity index (χ1v) is 9.50. The lowest BCUT2D eigenvalue weighted by Crippen LogP contribution is -2.49. The molecule has 3 rings (SSSR count). The van der Waals surface area contributed by atoms with E-state index in [4.69, 9.17) is 0 Å². The van der Waals surface area contributed by atoms with Crippen LogP contribution < -0.4 is 10.7 Å². The Morgan fingerprint density at radius 3 is 2.63 bits per heavy atom. The standard InChI is InChI=1S/C19H20N4O3S/c1-19(11-10-14-7-3-2-4-8-14)17(25)23(18(26)21-19)22-15(24)13-27-16-9-5-6-12-20-16/h2-9,12H,10-11,13H2,1H3,(H,21,26)(H,22,24)/t19-/m1/s1. The Hall–Kier alpha value is -2.87. The zero-order valence-corrected chi connectivity index (χ0v) is 15.7. The molecule has 2 heterocycles. The van der Waals surface area contributed by atoms with Gasteiger partial charge >= 0.3 is 6.03 Å². The van der Waals surface area contributed by atoms with E-state index >= 15 is 0 Å². The Labute approximate surface area is 161 Å². The molecule has 2 aromatic rings. The number of hydrogen-bond acceptors (Lipinski definition) is 5. The third kappa shape index (κ3) is 4.65. The second kappa shape index (κ2) is 8.22. The van der Waals surface area contributed by atoms with E-state index in [0.29, 0.717) is 17.9 Å². The second-order valence-corrected chi connectivity index (χ2v) is 7.38. The van der Waals surface area contributed by atoms with E-state index in [2.05, 4.69) is 15.7 Å². The number of hydrogen-bond donors (Lipinski definition) is 2. The van der Waals surface area contributed by atoms with Crippen LogP contribution in [0, 0.1) is 0 Å². The summed E-state index contributed by atoms with van der Waals surface area (Å²) < 4.78 is 0. The van der Waals surface area contributed by atoms with Crippen molar-refractivity contribution in [3.05, 3.63) is 60.3 Å². The molecule has 0 unspecified atom stereocenters. The number of pyridine rings is 1. The fraction of sp³-hybridized carbons (Fsp3) is 0.263. The van der Waals surface area contributed by atoms with Crippen LogP contribution in [-0.2, 0) is 16.0 Å². The summed E-state index contributed by atoms with van der Waals surface area (Å²) in [5.41, 5.74) is 2.42. The minimum absolute atomic E-state index is 0.0504. The van der Waals surface area contributed by atoms with Crippen molar-refractivity contribution in [2.24, 2.45) is 0 Å². The summed E-state index contributed by atoms with van der Waals surface area (Å²) in [6, 6.07) is 14.5. The van der Waals surface area contributed by atoms with E-state index < -0.39 is 23.4 Å². The van der Waals surface area contributed by atoms with Crippen LogP contribution in [0.3, 0.4) is 0 Å². The average molecular weight is 384 g/mol. The van der Waals surface area contributed by atoms with E-state index in [0.717, 1.165) is 10.6 Å². The largest absolute Gasteiger partial charge is 0.344 e. The Balaban J connectivity index is 1.55. The first kappa shape index (κ1) is 18.9. The molecule has 0 radical (unpaired) electrons. The van der Waals surface area contributed by atoms with Gasteiger partial charge < -0.3 is 5.32 Å². The van der Waals surface area contributed by atoms with Gasteiger partial charge in [-0.05, 0) is 37.5 Å². The van der Waals surface area contributed by atoms with Gasteiger partial charge in [0.25, 0.3) is 5.91 Å². The number of nitrogens with zero attached hydrogens (tertiary/aromatic N) is 2. The number of thioether (sulfide) groups is 1. The van der Waals surface area contributed by atoms with Crippen LogP contribution in [0.4, 0.5) is 4.79 Å². The minimum atomic E-state index is -1.05. The first-order valence-electron chi connectivity index (χ1n) is 8.52. The Morgan fingerprint density at radius 1 is 1.19 bits per heavy atom. The lowest BCUT2D eigenvalue weighted by Gasteiger charge is -2.21. The zero-order valence-electron chi connectivity index (χ0n) is 14.8. The van der Waals surface area contributed by atoms with E-state index in [9.17, 15) is 14.4 Å². The van der Waals surface area contributed by atoms with Gasteiger partial charge in [-0.2, -0.15) is 5.01 Å². The third-order valence-electron chi connectivity index (χ3n) is 4.24. The van der Waals surface area contributed by atoms with Crippen molar-refractivity contribution in [2.75, 3.05) is 5.75 Å². The van der Waals surface area contributed by atoms with Crippen molar-refractivity contribution in [1.82, 2.24) is 20.7 Å². The third-order valence-corrected chi connectivity index (χ3v) is 5.19. The molecule has 1 atom stereocenters. The van der Waals surface area contributed by atoms with Crippen molar-refractivity contribution in [3.63, 3.8) is 0 Å². The van der Waals surface area contributed by atoms with Crippen molar-refractivity contribution in [2.45, 2.75) is 30.3 Å². The molecular formula is C19H20N4O3S. The van der Waals surface area contributed by atoms with Crippen LogP contribution in [-0.4, -0.2) is 39.1 Å². The molecular weight excluding hydrogens is 364 g/mol. The summed E-state index contributed by atoms with van der Waals surface area (Å²) in [7, 11) is 0. The van der Waals surface area contributed by atoms with Gasteiger partial charge in [0.15, 0.2) is 0 Å². The maximum Gasteiger partial charge on any atom is 0.344 e. The molecule has 27 heavy (non-hydrogen) atoms. The minimum Gasteiger partial charge on any atom is -0.322 e. The average Bonchev–Trinajstić information content (AvgIpc) is 2.90. The lowest BCUT2D eigenvalue weighted by molar-refractivity contribution is -0.138. The van der Waals surface area contributed by atoms with Crippen LogP contribution >= 0.6 is 11.8 Å². The maximum absolute atomic E-state index is 12.7. The van der Waals surface area contributed by atoms with Crippen molar-refractivity contribution in [1.29, 1.82) is 0 Å². The van der Waals surface area contributed by atoms with Gasteiger partial charge in [0, 0.05) is 6.20 Å². The molecule has 1 aromatic carbocycles. The number of amides is 4. The first-order chi connectivity index (χ1) is 13.0. The fourth-order valence-corrected chi connectivity index (χ4v) is 3.38. The van der Waals surface area contributed by atoms with Crippen molar-refractivity contribution >= 4 is 29.6 Å². The Bertz CT molecular complexity index is 831. The van der Waals surface area contributed by atoms with Gasteiger partial charge in [0.2, 0.25) is 5.91 Å². The molecule has 1 aliphatic heterocycles. The fourth-order valence-electron chi connectivity index (χ4n) is 2.72. The highest BCUT2D eigenvalue weighted by atomic mass is 32.2. The van der Waals surface area contributed by atoms with Crippen LogP contribution in [0.2, 0.25) is 0 Å². The highest BCUT2D eigenvalue weighted by Crippen LogP contribution is 2.22. The van der Waals surface area contributed by atoms with Crippen LogP contribution in [0.5, 0.6) is 0 Å². The number of carbonyl (C=O) groups is 3. The summed E-state index contributed by atoms with van der Waals surface area (Å²) in [4.78, 5) is 41.1. The van der Waals surface area contributed by atoms with Crippen molar-refractivity contribution < 1.29 is 14.4 Å². The van der Waals surface area contributed by atoms with E-state index in [-0.39, 0.29) is 5.75 Å². The van der Waals surface area contributed by atoms with Gasteiger partial charge in [-0.1, -0.05) is 48.2 Å². The molecule has 4 amide bonds. The quantitative estimate of drug-likeness (QED) is 0.564. The van der Waals surface area contributed by atoms with E-state index in [1.165, 1.54) is 11.8 Å². The van der Waals surface area contributed by atoms with Gasteiger partial charge in [-0.3, -0.25) is 15.0 Å². The molecule has 1 fully saturated rings. The molecule has 0 saturated carbocycles. The van der Waals surface area contributed by atoms with Crippen LogP contribution in [0.15, 0.2) is 59.8 Å². The zero-order chi connectivity index (χ0) is 19.3. The second-order valence-electron chi connectivity index (χ2n) is 6.38. The van der Waals surface area contributed by atoms with E-state index in [1.54, 1.807) is 25.3 Å². The molecule has 0 bridgehead atoms. The van der Waals surface area contributed by atoms with Crippen LogP contribution in [0.25, 0.3) is 0 Å². The van der Waals surface area contributed by atoms with Gasteiger partial charge in [-0.15, -0.1) is 0 Å². The number of hydrazine groups is 1. The predicted octanol–water partition coefficient (Wildman–Crippen LogP) is 2.15. The number of imide groups is 1. The number of rotatable bonds is 7. The molecule has 8 heteroatoms. The number of aryl methyl sites for hydroxylation is 1. The molecule has 7 nitrogen and oxygen atoms in total. The number of benzene rings is 1. The Kier molecular flexibility index (Phi) is 5.75. The van der Waals surface area contributed by atoms with Crippen LogP contribution in [0.1, 0.15) is 18.9 Å².